The van der Waals surface area contributed by atoms with Crippen LogP contribution in [0.4, 0.5) is 0 Å². The third-order valence-corrected chi connectivity index (χ3v) is 3.74. The van der Waals surface area contributed by atoms with Gasteiger partial charge in [0.15, 0.2) is 11.0 Å². The molecule has 1 aliphatic heterocycles. The minimum absolute atomic E-state index is 0.0762. The first kappa shape index (κ1) is 18.5. The van der Waals surface area contributed by atoms with Gasteiger partial charge in [-0.15, -0.1) is 0 Å². The van der Waals surface area contributed by atoms with E-state index in [1.165, 1.54) is 16.8 Å². The van der Waals surface area contributed by atoms with Gasteiger partial charge in [-0.1, -0.05) is 0 Å². The molecule has 1 fully saturated rings. The first-order valence-electron chi connectivity index (χ1n) is 7.14. The van der Waals surface area contributed by atoms with Gasteiger partial charge in [-0.25, -0.2) is 0 Å². The Kier molecular flexibility index (Phi) is 6.43. The molecule has 0 spiro atoms. The highest BCUT2D eigenvalue weighted by atomic mass is 32.1. The highest BCUT2D eigenvalue weighted by Gasteiger charge is 2.43. The van der Waals surface area contributed by atoms with E-state index in [1.807, 2.05) is 12.1 Å². The van der Waals surface area contributed by atoms with Gasteiger partial charge in [-0.3, -0.25) is 14.3 Å². The number of H-pyrrole nitrogens is 1. The van der Waals surface area contributed by atoms with Crippen LogP contribution in [0, 0.1) is 4.77 Å². The number of nitrogens with one attached hydrogen (secondary N) is 1. The summed E-state index contributed by atoms with van der Waals surface area (Å²) in [5, 5.41) is 28.3. The van der Waals surface area contributed by atoms with E-state index in [2.05, 4.69) is 4.98 Å². The van der Waals surface area contributed by atoms with Gasteiger partial charge in [0, 0.05) is 12.3 Å². The van der Waals surface area contributed by atoms with E-state index >= 15 is 0 Å². The third-order valence-electron chi connectivity index (χ3n) is 3.42. The smallest absolute Gasteiger partial charge is 0.251 e. The number of aliphatic hydroxyl groups is 3. The monoisotopic (exact) mass is 357 g/mol. The van der Waals surface area contributed by atoms with Gasteiger partial charge in [0.1, 0.15) is 24.1 Å². The summed E-state index contributed by atoms with van der Waals surface area (Å²) in [6, 6.07) is 4.90. The van der Waals surface area contributed by atoms with Crippen molar-refractivity contribution in [2.24, 2.45) is 5.73 Å². The average molecular weight is 357 g/mol. The van der Waals surface area contributed by atoms with E-state index in [9.17, 15) is 15.0 Å². The Balaban J connectivity index is 0.000000249. The summed E-state index contributed by atoms with van der Waals surface area (Å²) in [6.45, 7) is 0.0817. The molecule has 4 atom stereocenters. The van der Waals surface area contributed by atoms with E-state index in [0.717, 1.165) is 5.76 Å². The number of nitrogens with two attached hydrogens (primary N) is 1. The van der Waals surface area contributed by atoms with Crippen molar-refractivity contribution in [3.8, 4) is 0 Å². The Morgan fingerprint density at radius 3 is 2.54 bits per heavy atom. The Morgan fingerprint density at radius 2 is 2.08 bits per heavy atom. The van der Waals surface area contributed by atoms with Crippen LogP contribution in [-0.2, 0) is 11.3 Å². The van der Waals surface area contributed by atoms with Gasteiger partial charge in [0.25, 0.3) is 5.56 Å². The fraction of sp³-hybridized carbons (Fsp3) is 0.429. The predicted octanol–water partition coefficient (Wildman–Crippen LogP) is -0.744. The quantitative estimate of drug-likeness (QED) is 0.451. The fourth-order valence-electron chi connectivity index (χ4n) is 2.17. The van der Waals surface area contributed by atoms with Crippen LogP contribution in [-0.4, -0.2) is 49.8 Å². The maximum Gasteiger partial charge on any atom is 0.251 e. The van der Waals surface area contributed by atoms with E-state index < -0.39 is 31.1 Å². The molecule has 2 aromatic rings. The lowest BCUT2D eigenvalue weighted by molar-refractivity contribution is -0.0541. The summed E-state index contributed by atoms with van der Waals surface area (Å²) >= 11 is 4.91. The summed E-state index contributed by atoms with van der Waals surface area (Å²) in [6.07, 6.45) is -1.23. The number of hydrogen-bond acceptors (Lipinski definition) is 8. The van der Waals surface area contributed by atoms with E-state index in [0.29, 0.717) is 6.54 Å². The van der Waals surface area contributed by atoms with Gasteiger partial charge in [0.2, 0.25) is 0 Å². The van der Waals surface area contributed by atoms with Gasteiger partial charge in [-0.05, 0) is 24.4 Å². The van der Waals surface area contributed by atoms with Crippen LogP contribution in [0.2, 0.25) is 0 Å². The summed E-state index contributed by atoms with van der Waals surface area (Å²) in [7, 11) is 0. The zero-order chi connectivity index (χ0) is 17.7. The minimum atomic E-state index is -1.22. The van der Waals surface area contributed by atoms with E-state index in [1.54, 1.807) is 6.26 Å². The first-order chi connectivity index (χ1) is 11.5. The maximum atomic E-state index is 11.0. The topological polar surface area (TPSA) is 147 Å². The van der Waals surface area contributed by atoms with Crippen molar-refractivity contribution in [2.45, 2.75) is 31.1 Å². The molecule has 10 heteroatoms. The molecule has 0 unspecified atom stereocenters. The maximum absolute atomic E-state index is 11.0. The zero-order valence-corrected chi connectivity index (χ0v) is 13.4. The zero-order valence-electron chi connectivity index (χ0n) is 12.6. The van der Waals surface area contributed by atoms with Crippen molar-refractivity contribution in [3.63, 3.8) is 0 Å². The predicted molar refractivity (Wildman–Crippen MR) is 85.5 cm³/mol. The van der Waals surface area contributed by atoms with E-state index in [-0.39, 0.29) is 10.3 Å². The van der Waals surface area contributed by atoms with Crippen molar-refractivity contribution >= 4 is 12.2 Å². The largest absolute Gasteiger partial charge is 0.468 e. The average Bonchev–Trinajstić information content (AvgIpc) is 3.18. The molecule has 0 amide bonds. The molecule has 0 aliphatic carbocycles. The molecule has 2 aromatic heterocycles. The second kappa shape index (κ2) is 8.33. The molecule has 24 heavy (non-hydrogen) atoms. The van der Waals surface area contributed by atoms with Crippen molar-refractivity contribution in [1.82, 2.24) is 9.55 Å². The molecule has 1 aliphatic rings. The summed E-state index contributed by atoms with van der Waals surface area (Å²) in [5.74, 6) is 0.833. The van der Waals surface area contributed by atoms with Crippen LogP contribution in [0.15, 0.2) is 39.9 Å². The number of rotatable bonds is 3. The number of ether oxygens (including phenoxy) is 1. The lowest BCUT2D eigenvalue weighted by atomic mass is 10.1. The molecule has 3 rings (SSSR count). The number of furan rings is 1. The highest BCUT2D eigenvalue weighted by Crippen LogP contribution is 2.28. The van der Waals surface area contributed by atoms with Crippen molar-refractivity contribution < 1.29 is 24.5 Å². The number of aromatic nitrogens is 2. The third kappa shape index (κ3) is 4.17. The highest BCUT2D eigenvalue weighted by molar-refractivity contribution is 7.71. The van der Waals surface area contributed by atoms with Crippen LogP contribution < -0.4 is 11.3 Å². The van der Waals surface area contributed by atoms with Gasteiger partial charge < -0.3 is 30.2 Å². The summed E-state index contributed by atoms with van der Waals surface area (Å²) in [4.78, 5) is 13.4. The van der Waals surface area contributed by atoms with Crippen LogP contribution in [0.3, 0.4) is 0 Å². The first-order valence-corrected chi connectivity index (χ1v) is 7.55. The van der Waals surface area contributed by atoms with Crippen LogP contribution in [0.1, 0.15) is 12.0 Å². The molecule has 3 heterocycles. The molecule has 9 nitrogen and oxygen atoms in total. The van der Waals surface area contributed by atoms with Gasteiger partial charge >= 0.3 is 0 Å². The molecular weight excluding hydrogens is 338 g/mol. The second-order valence-corrected chi connectivity index (χ2v) is 5.42. The van der Waals surface area contributed by atoms with E-state index in [4.69, 9.17) is 32.2 Å². The number of hydrogen-bond donors (Lipinski definition) is 5. The van der Waals surface area contributed by atoms with Crippen molar-refractivity contribution in [3.05, 3.63) is 51.5 Å². The van der Waals surface area contributed by atoms with Crippen LogP contribution in [0.25, 0.3) is 0 Å². The van der Waals surface area contributed by atoms with Crippen LogP contribution >= 0.6 is 12.2 Å². The second-order valence-electron chi connectivity index (χ2n) is 5.03. The SMILES string of the molecule is NCc1ccco1.O=c1ccn([C@@H]2O[C@H](CO)[C@@H](O)[C@H]2O)c(=S)[nH]1. The molecular formula is C14H19N3O6S. The molecule has 1 saturated heterocycles. The minimum Gasteiger partial charge on any atom is -0.468 e. The number of aromatic amines is 1. The molecule has 0 saturated carbocycles. The fourth-order valence-corrected chi connectivity index (χ4v) is 2.43. The lowest BCUT2D eigenvalue weighted by Crippen LogP contribution is -2.33. The Bertz CT molecular complexity index is 743. The van der Waals surface area contributed by atoms with Crippen LogP contribution in [0.5, 0.6) is 0 Å². The normalized spacial score (nSPS) is 26.0. The van der Waals surface area contributed by atoms with Gasteiger partial charge in [0.05, 0.1) is 19.4 Å². The number of aliphatic hydroxyl groups excluding tert-OH is 3. The molecule has 6 N–H and O–H groups in total. The van der Waals surface area contributed by atoms with Crippen molar-refractivity contribution in [1.29, 1.82) is 0 Å². The number of nitrogens with zero attached hydrogens (tertiary/aromatic N) is 1. The Labute approximate surface area is 141 Å². The Hall–Kier alpha value is -1.82. The molecule has 0 bridgehead atoms. The van der Waals surface area contributed by atoms with Crippen molar-refractivity contribution in [2.75, 3.05) is 6.61 Å². The lowest BCUT2D eigenvalue weighted by Gasteiger charge is -2.17. The standard InChI is InChI=1S/C9H12N2O5S.C5H7NO/c12-3-4-6(14)7(15)8(16-4)11-2-1-5(13)10-9(11)17;6-4-5-2-1-3-7-5/h1-2,4,6-8,12,14-15H,3H2,(H,10,13,17);1-3H,4,6H2/t4-,6-,7-,8-;/m1./s1. The van der Waals surface area contributed by atoms with Gasteiger partial charge in [-0.2, -0.15) is 0 Å². The Morgan fingerprint density at radius 1 is 1.33 bits per heavy atom. The molecule has 132 valence electrons. The summed E-state index contributed by atoms with van der Waals surface area (Å²) in [5.41, 5.74) is 4.84. The molecule has 0 radical (unpaired) electrons. The summed E-state index contributed by atoms with van der Waals surface area (Å²) < 4.78 is 11.5. The molecule has 0 aromatic carbocycles.